The number of nitrogens with zero attached hydrogens (tertiary/aromatic N) is 2. The van der Waals surface area contributed by atoms with E-state index < -0.39 is 0 Å². The number of aromatic nitrogens is 1. The van der Waals surface area contributed by atoms with Crippen molar-refractivity contribution in [2.45, 2.75) is 26.9 Å². The number of hydrogen-bond donors (Lipinski definition) is 1. The summed E-state index contributed by atoms with van der Waals surface area (Å²) in [6.07, 6.45) is 0. The van der Waals surface area contributed by atoms with E-state index in [0.717, 1.165) is 46.7 Å². The molecule has 1 N–H and O–H groups in total. The quantitative estimate of drug-likeness (QED) is 0.836. The van der Waals surface area contributed by atoms with Crippen LogP contribution in [0.3, 0.4) is 0 Å². The Morgan fingerprint density at radius 2 is 2.22 bits per heavy atom. The molecule has 1 aromatic heterocycles. The Morgan fingerprint density at radius 3 is 2.87 bits per heavy atom. The van der Waals surface area contributed by atoms with Crippen LogP contribution < -0.4 is 4.74 Å². The molecule has 7 heteroatoms. The summed E-state index contributed by atoms with van der Waals surface area (Å²) in [4.78, 5) is 16.6. The molecule has 0 saturated heterocycles. The first-order valence-electron chi connectivity index (χ1n) is 7.17. The number of carboxylic acid groups (broad SMARTS) is 1. The zero-order valence-corrected chi connectivity index (χ0v) is 14.7. The predicted octanol–water partition coefficient (Wildman–Crippen LogP) is 3.51. The molecule has 2 aromatic rings. The number of aryl methyl sites for hydroxylation is 2. The van der Waals surface area contributed by atoms with Crippen molar-refractivity contribution >= 4 is 29.4 Å². The van der Waals surface area contributed by atoms with Gasteiger partial charge >= 0.3 is 0 Å². The average Bonchev–Trinajstić information content (AvgIpc) is 2.69. The van der Waals surface area contributed by atoms with Gasteiger partial charge in [-0.1, -0.05) is 11.6 Å². The molecule has 124 valence electrons. The summed E-state index contributed by atoms with van der Waals surface area (Å²) in [5.41, 5.74) is 2.30. The van der Waals surface area contributed by atoms with Crippen molar-refractivity contribution in [2.75, 3.05) is 13.2 Å². The zero-order chi connectivity index (χ0) is 16.8. The minimum atomic E-state index is -0.250. The summed E-state index contributed by atoms with van der Waals surface area (Å²) in [6.45, 7) is 7.31. The first-order valence-corrected chi connectivity index (χ1v) is 8.37. The van der Waals surface area contributed by atoms with Gasteiger partial charge in [-0.2, -0.15) is 0 Å². The molecule has 1 aliphatic rings. The van der Waals surface area contributed by atoms with Crippen LogP contribution in [0.5, 0.6) is 5.75 Å². The van der Waals surface area contributed by atoms with Crippen LogP contribution in [0.15, 0.2) is 18.2 Å². The van der Waals surface area contributed by atoms with E-state index in [0.29, 0.717) is 6.61 Å². The third-order valence-corrected chi connectivity index (χ3v) is 4.74. The normalized spacial score (nSPS) is 14.0. The third kappa shape index (κ3) is 4.92. The molecule has 0 atom stereocenters. The number of hydrogen-bond acceptors (Lipinski definition) is 5. The fraction of sp³-hybridized carbons (Fsp3) is 0.375. The van der Waals surface area contributed by atoms with Gasteiger partial charge in [-0.05, 0) is 32.0 Å². The van der Waals surface area contributed by atoms with E-state index in [9.17, 15) is 0 Å². The standard InChI is InChI=1S/C15H17ClN2OS.CH2O2/c1-10-15(20-11(2)17-10)9-18-5-6-19-14-4-3-13(16)7-12(14)8-18;2-1-3/h3-4,7H,5-6,8-9H2,1-2H3;1H,(H,2,3). The fourth-order valence-corrected chi connectivity index (χ4v) is 3.65. The van der Waals surface area contributed by atoms with Gasteiger partial charge in [0.05, 0.1) is 10.7 Å². The van der Waals surface area contributed by atoms with Crippen LogP contribution >= 0.6 is 22.9 Å². The summed E-state index contributed by atoms with van der Waals surface area (Å²) in [5.74, 6) is 0.953. The monoisotopic (exact) mass is 354 g/mol. The first kappa shape index (κ1) is 17.7. The summed E-state index contributed by atoms with van der Waals surface area (Å²) in [5, 5.41) is 8.78. The van der Waals surface area contributed by atoms with Crippen molar-refractivity contribution in [3.63, 3.8) is 0 Å². The fourth-order valence-electron chi connectivity index (χ4n) is 2.48. The number of thiazole rings is 1. The molecule has 0 aliphatic carbocycles. The predicted molar refractivity (Wildman–Crippen MR) is 91.3 cm³/mol. The van der Waals surface area contributed by atoms with Gasteiger partial charge in [-0.15, -0.1) is 11.3 Å². The Kier molecular flexibility index (Phi) is 6.38. The maximum Gasteiger partial charge on any atom is 0.290 e. The van der Waals surface area contributed by atoms with E-state index in [4.69, 9.17) is 26.2 Å². The highest BCUT2D eigenvalue weighted by molar-refractivity contribution is 7.11. The lowest BCUT2D eigenvalue weighted by Gasteiger charge is -2.18. The van der Waals surface area contributed by atoms with Gasteiger partial charge in [0, 0.05) is 35.1 Å². The van der Waals surface area contributed by atoms with Gasteiger partial charge in [0.15, 0.2) is 0 Å². The van der Waals surface area contributed by atoms with E-state index in [1.165, 1.54) is 4.88 Å². The molecule has 0 radical (unpaired) electrons. The Balaban J connectivity index is 0.000000595. The number of ether oxygens (including phenoxy) is 1. The van der Waals surface area contributed by atoms with E-state index >= 15 is 0 Å². The molecule has 0 amide bonds. The summed E-state index contributed by atoms with van der Waals surface area (Å²) in [7, 11) is 0. The number of benzene rings is 1. The second-order valence-corrected chi connectivity index (χ2v) is 6.88. The Morgan fingerprint density at radius 1 is 1.48 bits per heavy atom. The van der Waals surface area contributed by atoms with Gasteiger partial charge in [0.2, 0.25) is 0 Å². The maximum absolute atomic E-state index is 8.36. The van der Waals surface area contributed by atoms with Crippen molar-refractivity contribution in [1.29, 1.82) is 0 Å². The SMILES string of the molecule is Cc1nc(C)c(CN2CCOc3ccc(Cl)cc3C2)s1.O=CO. The Hall–Kier alpha value is -1.63. The van der Waals surface area contributed by atoms with Gasteiger partial charge in [0.1, 0.15) is 12.4 Å². The highest BCUT2D eigenvalue weighted by Crippen LogP contribution is 2.28. The first-order chi connectivity index (χ1) is 11.0. The van der Waals surface area contributed by atoms with E-state index in [1.54, 1.807) is 11.3 Å². The number of halogens is 1. The molecule has 3 rings (SSSR count). The molecule has 0 unspecified atom stereocenters. The summed E-state index contributed by atoms with van der Waals surface area (Å²) >= 11 is 7.86. The van der Waals surface area contributed by atoms with Crippen LogP contribution in [0.4, 0.5) is 0 Å². The summed E-state index contributed by atoms with van der Waals surface area (Å²) in [6, 6.07) is 5.84. The molecule has 0 fully saturated rings. The van der Waals surface area contributed by atoms with Crippen molar-refractivity contribution in [3.8, 4) is 5.75 Å². The van der Waals surface area contributed by atoms with Gasteiger partial charge in [-0.25, -0.2) is 4.98 Å². The largest absolute Gasteiger partial charge is 0.492 e. The Labute approximate surface area is 144 Å². The molecule has 1 aliphatic heterocycles. The lowest BCUT2D eigenvalue weighted by molar-refractivity contribution is -0.122. The van der Waals surface area contributed by atoms with Gasteiger partial charge < -0.3 is 9.84 Å². The van der Waals surface area contributed by atoms with Crippen LogP contribution in [0.25, 0.3) is 0 Å². The number of fused-ring (bicyclic) bond motifs is 1. The minimum absolute atomic E-state index is 0.250. The van der Waals surface area contributed by atoms with Crippen molar-refractivity contribution in [2.24, 2.45) is 0 Å². The van der Waals surface area contributed by atoms with Gasteiger partial charge in [-0.3, -0.25) is 9.69 Å². The van der Waals surface area contributed by atoms with E-state index in [2.05, 4.69) is 23.7 Å². The minimum Gasteiger partial charge on any atom is -0.492 e. The van der Waals surface area contributed by atoms with Crippen LogP contribution in [0.1, 0.15) is 21.1 Å². The van der Waals surface area contributed by atoms with Gasteiger partial charge in [0.25, 0.3) is 6.47 Å². The molecular weight excluding hydrogens is 336 g/mol. The molecule has 2 heterocycles. The molecule has 0 saturated carbocycles. The van der Waals surface area contributed by atoms with E-state index in [-0.39, 0.29) is 6.47 Å². The second kappa shape index (κ2) is 8.29. The van der Waals surface area contributed by atoms with Crippen molar-refractivity contribution in [3.05, 3.63) is 44.4 Å². The molecule has 0 spiro atoms. The Bertz CT molecular complexity index is 675. The molecular formula is C16H19ClN2O3S. The zero-order valence-electron chi connectivity index (χ0n) is 13.1. The third-order valence-electron chi connectivity index (χ3n) is 3.45. The number of carbonyl (C=O) groups is 1. The lowest BCUT2D eigenvalue weighted by Crippen LogP contribution is -2.25. The van der Waals surface area contributed by atoms with Crippen LogP contribution in [0, 0.1) is 13.8 Å². The van der Waals surface area contributed by atoms with Crippen LogP contribution in [-0.2, 0) is 17.9 Å². The highest BCUT2D eigenvalue weighted by Gasteiger charge is 2.17. The topological polar surface area (TPSA) is 62.7 Å². The second-order valence-electron chi connectivity index (χ2n) is 5.16. The summed E-state index contributed by atoms with van der Waals surface area (Å²) < 4.78 is 5.79. The molecule has 1 aromatic carbocycles. The van der Waals surface area contributed by atoms with Crippen molar-refractivity contribution < 1.29 is 14.6 Å². The van der Waals surface area contributed by atoms with Crippen molar-refractivity contribution in [1.82, 2.24) is 9.88 Å². The van der Waals surface area contributed by atoms with E-state index in [1.807, 2.05) is 18.2 Å². The van der Waals surface area contributed by atoms with Crippen LogP contribution in [0.2, 0.25) is 5.02 Å². The highest BCUT2D eigenvalue weighted by atomic mass is 35.5. The molecule has 0 bridgehead atoms. The smallest absolute Gasteiger partial charge is 0.290 e. The number of rotatable bonds is 2. The maximum atomic E-state index is 8.36. The lowest BCUT2D eigenvalue weighted by atomic mass is 10.2. The average molecular weight is 355 g/mol. The molecule has 5 nitrogen and oxygen atoms in total. The van der Waals surface area contributed by atoms with Crippen LogP contribution in [-0.4, -0.2) is 34.6 Å². The molecule has 23 heavy (non-hydrogen) atoms.